The molecule has 0 aliphatic carbocycles. The summed E-state index contributed by atoms with van der Waals surface area (Å²) in [5.41, 5.74) is 1.18. The lowest BCUT2D eigenvalue weighted by Gasteiger charge is -2.23. The summed E-state index contributed by atoms with van der Waals surface area (Å²) in [4.78, 5) is 40.1. The Morgan fingerprint density at radius 1 is 1.16 bits per heavy atom. The Hall–Kier alpha value is -3.48. The van der Waals surface area contributed by atoms with Crippen LogP contribution in [0.2, 0.25) is 0 Å². The maximum atomic E-state index is 12.9. The molecule has 0 fully saturated rings. The average Bonchev–Trinajstić information content (AvgIpc) is 2.61. The largest absolute Gasteiger partial charge is 0.478 e. The Morgan fingerprint density at radius 3 is 2.64 bits per heavy atom. The highest BCUT2D eigenvalue weighted by molar-refractivity contribution is 5.87. The van der Waals surface area contributed by atoms with Gasteiger partial charge in [-0.25, -0.2) is 4.79 Å². The molecule has 3 heterocycles. The molecule has 7 nitrogen and oxygen atoms in total. The summed E-state index contributed by atoms with van der Waals surface area (Å²) in [7, 11) is 0. The van der Waals surface area contributed by atoms with Crippen LogP contribution in [0.3, 0.4) is 0 Å². The molecule has 0 spiro atoms. The fourth-order valence-corrected chi connectivity index (χ4v) is 3.02. The first kappa shape index (κ1) is 15.1. The fraction of sp³-hybridized carbons (Fsp3) is 0.111. The lowest BCUT2D eigenvalue weighted by molar-refractivity contribution is -0.135. The van der Waals surface area contributed by atoms with Gasteiger partial charge < -0.3 is 9.84 Å². The predicted octanol–water partition coefficient (Wildman–Crippen LogP) is 1.83. The van der Waals surface area contributed by atoms with E-state index in [0.29, 0.717) is 16.8 Å². The first-order valence-electron chi connectivity index (χ1n) is 7.60. The van der Waals surface area contributed by atoms with Crippen molar-refractivity contribution < 1.29 is 19.4 Å². The average molecular weight is 336 g/mol. The molecule has 7 heteroatoms. The van der Waals surface area contributed by atoms with Crippen LogP contribution >= 0.6 is 0 Å². The number of pyridine rings is 1. The smallest absolute Gasteiger partial charge is 0.335 e. The van der Waals surface area contributed by atoms with Gasteiger partial charge in [0.05, 0.1) is 17.5 Å². The van der Waals surface area contributed by atoms with Crippen molar-refractivity contribution >= 4 is 17.6 Å². The van der Waals surface area contributed by atoms with Gasteiger partial charge in [0.15, 0.2) is 0 Å². The molecule has 0 bridgehead atoms. The maximum absolute atomic E-state index is 12.9. The standard InChI is InChI=1S/C18H12N2O5/c21-14-9-12(10-4-6-11(7-5-10)18(23)24)15-16(25-14)19-13-3-1-2-8-20(13)17(15)22/h1-8,12H,9H2,(H,23,24)/t12-/m1/s1. The molecule has 1 aliphatic rings. The van der Waals surface area contributed by atoms with Crippen molar-refractivity contribution in [3.05, 3.63) is 75.7 Å². The van der Waals surface area contributed by atoms with Gasteiger partial charge in [0.1, 0.15) is 5.65 Å². The molecule has 124 valence electrons. The van der Waals surface area contributed by atoms with Gasteiger partial charge in [0.25, 0.3) is 5.56 Å². The number of fused-ring (bicyclic) bond motifs is 2. The normalized spacial score (nSPS) is 16.3. The third-order valence-corrected chi connectivity index (χ3v) is 4.22. The SMILES string of the molecule is O=C1C[C@H](c2ccc(C(=O)O)cc2)c2c(nc3ccccn3c2=O)O1. The number of carbonyl (C=O) groups excluding carboxylic acids is 1. The molecule has 0 radical (unpaired) electrons. The highest BCUT2D eigenvalue weighted by Crippen LogP contribution is 2.35. The number of aromatic carboxylic acids is 1. The number of nitrogens with zero attached hydrogens (tertiary/aromatic N) is 2. The van der Waals surface area contributed by atoms with Crippen LogP contribution in [0.25, 0.3) is 5.65 Å². The number of ether oxygens (including phenoxy) is 1. The molecule has 3 aromatic rings. The fourth-order valence-electron chi connectivity index (χ4n) is 3.02. The molecule has 0 saturated heterocycles. The summed E-state index contributed by atoms with van der Waals surface area (Å²) in [6.45, 7) is 0. The molecule has 0 unspecified atom stereocenters. The summed E-state index contributed by atoms with van der Waals surface area (Å²) in [5, 5.41) is 9.01. The summed E-state index contributed by atoms with van der Waals surface area (Å²) in [6.07, 6.45) is 1.60. The zero-order valence-corrected chi connectivity index (χ0v) is 12.9. The van der Waals surface area contributed by atoms with Crippen molar-refractivity contribution in [3.63, 3.8) is 0 Å². The van der Waals surface area contributed by atoms with Crippen LogP contribution in [0.5, 0.6) is 5.88 Å². The van der Waals surface area contributed by atoms with E-state index >= 15 is 0 Å². The Balaban J connectivity index is 1.91. The minimum atomic E-state index is -1.04. The molecule has 25 heavy (non-hydrogen) atoms. The molecular formula is C18H12N2O5. The number of hydrogen-bond donors (Lipinski definition) is 1. The van der Waals surface area contributed by atoms with Crippen LogP contribution in [0.15, 0.2) is 53.5 Å². The number of benzene rings is 1. The summed E-state index contributed by atoms with van der Waals surface area (Å²) in [5.74, 6) is -2.04. The predicted molar refractivity (Wildman–Crippen MR) is 87.0 cm³/mol. The van der Waals surface area contributed by atoms with E-state index in [9.17, 15) is 14.4 Å². The van der Waals surface area contributed by atoms with Gasteiger partial charge in [-0.3, -0.25) is 14.0 Å². The van der Waals surface area contributed by atoms with E-state index in [2.05, 4.69) is 4.98 Å². The molecule has 0 amide bonds. The van der Waals surface area contributed by atoms with Gasteiger partial charge in [-0.1, -0.05) is 18.2 Å². The number of carboxylic acids is 1. The Labute approximate surface area is 141 Å². The third kappa shape index (κ3) is 2.46. The second kappa shape index (κ2) is 5.55. The second-order valence-corrected chi connectivity index (χ2v) is 5.72. The van der Waals surface area contributed by atoms with Crippen molar-refractivity contribution in [3.8, 4) is 5.88 Å². The van der Waals surface area contributed by atoms with Crippen molar-refractivity contribution in [1.29, 1.82) is 0 Å². The van der Waals surface area contributed by atoms with E-state index in [1.54, 1.807) is 36.5 Å². The zero-order chi connectivity index (χ0) is 17.6. The first-order chi connectivity index (χ1) is 12.0. The maximum Gasteiger partial charge on any atom is 0.335 e. The molecule has 4 rings (SSSR count). The van der Waals surface area contributed by atoms with Gasteiger partial charge in [-0.2, -0.15) is 4.98 Å². The quantitative estimate of drug-likeness (QED) is 0.717. The molecule has 1 aliphatic heterocycles. The summed E-state index contributed by atoms with van der Waals surface area (Å²) in [6, 6.07) is 11.2. The summed E-state index contributed by atoms with van der Waals surface area (Å²) >= 11 is 0. The van der Waals surface area contributed by atoms with Crippen LogP contribution in [0.4, 0.5) is 0 Å². The number of carboxylic acid groups (broad SMARTS) is 1. The lowest BCUT2D eigenvalue weighted by atomic mass is 9.88. The van der Waals surface area contributed by atoms with Gasteiger partial charge >= 0.3 is 11.9 Å². The Bertz CT molecular complexity index is 1070. The van der Waals surface area contributed by atoms with Crippen molar-refractivity contribution in [2.75, 3.05) is 0 Å². The molecule has 2 aromatic heterocycles. The first-order valence-corrected chi connectivity index (χ1v) is 7.60. The third-order valence-electron chi connectivity index (χ3n) is 4.22. The second-order valence-electron chi connectivity index (χ2n) is 5.72. The number of carbonyl (C=O) groups is 2. The van der Waals surface area contributed by atoms with Gasteiger partial charge in [-0.05, 0) is 29.8 Å². The van der Waals surface area contributed by atoms with Crippen LogP contribution in [-0.2, 0) is 4.79 Å². The van der Waals surface area contributed by atoms with Crippen molar-refractivity contribution in [2.45, 2.75) is 12.3 Å². The van der Waals surface area contributed by atoms with Gasteiger partial charge in [0.2, 0.25) is 5.88 Å². The van der Waals surface area contributed by atoms with Crippen molar-refractivity contribution in [1.82, 2.24) is 9.38 Å². The Kier molecular flexibility index (Phi) is 3.35. The van der Waals surface area contributed by atoms with Crippen molar-refractivity contribution in [2.24, 2.45) is 0 Å². The van der Waals surface area contributed by atoms with E-state index in [0.717, 1.165) is 0 Å². The topological polar surface area (TPSA) is 98.0 Å². The molecule has 1 atom stereocenters. The van der Waals surface area contributed by atoms with E-state index in [-0.39, 0.29) is 23.4 Å². The minimum Gasteiger partial charge on any atom is -0.478 e. The number of esters is 1. The van der Waals surface area contributed by atoms with E-state index in [4.69, 9.17) is 9.84 Å². The van der Waals surface area contributed by atoms with Crippen LogP contribution < -0.4 is 10.3 Å². The number of aromatic nitrogens is 2. The Morgan fingerprint density at radius 2 is 1.92 bits per heavy atom. The van der Waals surface area contributed by atoms with Crippen LogP contribution in [0.1, 0.15) is 33.8 Å². The molecule has 1 aromatic carbocycles. The highest BCUT2D eigenvalue weighted by atomic mass is 16.5. The highest BCUT2D eigenvalue weighted by Gasteiger charge is 2.33. The minimum absolute atomic E-state index is 0.00472. The van der Waals surface area contributed by atoms with Crippen LogP contribution in [0, 0.1) is 0 Å². The summed E-state index contributed by atoms with van der Waals surface area (Å²) < 4.78 is 6.58. The van der Waals surface area contributed by atoms with E-state index < -0.39 is 17.9 Å². The molecular weight excluding hydrogens is 324 g/mol. The molecule has 0 saturated carbocycles. The van der Waals surface area contributed by atoms with E-state index in [1.165, 1.54) is 16.5 Å². The number of hydrogen-bond acceptors (Lipinski definition) is 5. The monoisotopic (exact) mass is 336 g/mol. The van der Waals surface area contributed by atoms with Crippen LogP contribution in [-0.4, -0.2) is 26.4 Å². The van der Waals surface area contributed by atoms with E-state index in [1.807, 2.05) is 0 Å². The van der Waals surface area contributed by atoms with Gasteiger partial charge in [-0.15, -0.1) is 0 Å². The lowest BCUT2D eigenvalue weighted by Crippen LogP contribution is -2.31. The zero-order valence-electron chi connectivity index (χ0n) is 12.9. The number of rotatable bonds is 2. The van der Waals surface area contributed by atoms with Gasteiger partial charge in [0, 0.05) is 12.1 Å². The molecule has 1 N–H and O–H groups in total.